The lowest BCUT2D eigenvalue weighted by Crippen LogP contribution is -2.18. The summed E-state index contributed by atoms with van der Waals surface area (Å²) >= 11 is 0. The standard InChI is InChI=1S/C17H18N2O/c1-2-13-12-16(15-10-6-7-11-17(15)20)19(18-13)14-8-4-3-5-9-14/h3-11,16,20H,2,12H2,1H3/t16-/m0/s1. The lowest BCUT2D eigenvalue weighted by atomic mass is 9.99. The van der Waals surface area contributed by atoms with Gasteiger partial charge in [0, 0.05) is 17.7 Å². The minimum atomic E-state index is 0.0774. The number of benzene rings is 2. The molecule has 3 heteroatoms. The van der Waals surface area contributed by atoms with Crippen molar-refractivity contribution in [1.82, 2.24) is 0 Å². The number of hydrogen-bond acceptors (Lipinski definition) is 3. The molecule has 1 N–H and O–H groups in total. The Morgan fingerprint density at radius 3 is 2.50 bits per heavy atom. The molecule has 0 aliphatic carbocycles. The van der Waals surface area contributed by atoms with Crippen LogP contribution in [-0.4, -0.2) is 10.8 Å². The molecule has 20 heavy (non-hydrogen) atoms. The highest BCUT2D eigenvalue weighted by molar-refractivity contribution is 5.88. The zero-order valence-corrected chi connectivity index (χ0v) is 11.5. The van der Waals surface area contributed by atoms with E-state index in [0.29, 0.717) is 5.75 Å². The number of rotatable bonds is 3. The molecule has 1 aliphatic rings. The van der Waals surface area contributed by atoms with Gasteiger partial charge in [-0.3, -0.25) is 5.01 Å². The van der Waals surface area contributed by atoms with E-state index < -0.39 is 0 Å². The normalized spacial score (nSPS) is 18.1. The fourth-order valence-electron chi connectivity index (χ4n) is 2.62. The van der Waals surface area contributed by atoms with Gasteiger partial charge in [0.15, 0.2) is 0 Å². The summed E-state index contributed by atoms with van der Waals surface area (Å²) in [6.07, 6.45) is 1.80. The molecule has 1 aliphatic heterocycles. The van der Waals surface area contributed by atoms with Gasteiger partial charge in [-0.15, -0.1) is 0 Å². The van der Waals surface area contributed by atoms with Crippen molar-refractivity contribution in [2.75, 3.05) is 5.01 Å². The molecule has 0 fully saturated rings. The summed E-state index contributed by atoms with van der Waals surface area (Å²) in [5.41, 5.74) is 3.16. The van der Waals surface area contributed by atoms with Gasteiger partial charge in [0.25, 0.3) is 0 Å². The quantitative estimate of drug-likeness (QED) is 0.907. The van der Waals surface area contributed by atoms with Gasteiger partial charge >= 0.3 is 0 Å². The van der Waals surface area contributed by atoms with Crippen LogP contribution in [0.5, 0.6) is 5.75 Å². The van der Waals surface area contributed by atoms with E-state index in [1.807, 2.05) is 41.4 Å². The van der Waals surface area contributed by atoms with Crippen molar-refractivity contribution in [3.05, 3.63) is 60.2 Å². The van der Waals surface area contributed by atoms with E-state index in [1.54, 1.807) is 6.07 Å². The van der Waals surface area contributed by atoms with E-state index in [2.05, 4.69) is 19.1 Å². The fraction of sp³-hybridized carbons (Fsp3) is 0.235. The first-order chi connectivity index (χ1) is 9.79. The second kappa shape index (κ2) is 5.37. The van der Waals surface area contributed by atoms with Gasteiger partial charge in [0.2, 0.25) is 0 Å². The number of aromatic hydroxyl groups is 1. The van der Waals surface area contributed by atoms with E-state index in [4.69, 9.17) is 5.10 Å². The van der Waals surface area contributed by atoms with Crippen molar-refractivity contribution in [1.29, 1.82) is 0 Å². The van der Waals surface area contributed by atoms with Crippen LogP contribution in [0.4, 0.5) is 5.69 Å². The van der Waals surface area contributed by atoms with E-state index in [9.17, 15) is 5.11 Å². The minimum absolute atomic E-state index is 0.0774. The summed E-state index contributed by atoms with van der Waals surface area (Å²) in [6.45, 7) is 2.12. The lowest BCUT2D eigenvalue weighted by Gasteiger charge is -2.24. The number of phenols is 1. The van der Waals surface area contributed by atoms with E-state index in [0.717, 1.165) is 24.1 Å². The number of hydrogen-bond donors (Lipinski definition) is 1. The molecular weight excluding hydrogens is 248 g/mol. The summed E-state index contributed by atoms with van der Waals surface area (Å²) in [6, 6.07) is 17.7. The van der Waals surface area contributed by atoms with Crippen molar-refractivity contribution in [2.45, 2.75) is 25.8 Å². The highest BCUT2D eigenvalue weighted by atomic mass is 16.3. The summed E-state index contributed by atoms with van der Waals surface area (Å²) in [5.74, 6) is 0.339. The Bertz CT molecular complexity index is 622. The van der Waals surface area contributed by atoms with Crippen molar-refractivity contribution in [3.8, 4) is 5.75 Å². The zero-order chi connectivity index (χ0) is 13.9. The second-order valence-corrected chi connectivity index (χ2v) is 4.98. The Hall–Kier alpha value is -2.29. The molecule has 0 saturated carbocycles. The molecular formula is C17H18N2O. The smallest absolute Gasteiger partial charge is 0.120 e. The molecule has 102 valence electrons. The first-order valence-corrected chi connectivity index (χ1v) is 6.98. The van der Waals surface area contributed by atoms with Crippen molar-refractivity contribution in [3.63, 3.8) is 0 Å². The van der Waals surface area contributed by atoms with Crippen molar-refractivity contribution < 1.29 is 5.11 Å². The van der Waals surface area contributed by atoms with E-state index >= 15 is 0 Å². The molecule has 0 radical (unpaired) electrons. The number of nitrogens with zero attached hydrogens (tertiary/aromatic N) is 2. The monoisotopic (exact) mass is 266 g/mol. The Balaban J connectivity index is 2.01. The van der Waals surface area contributed by atoms with Gasteiger partial charge in [-0.05, 0) is 24.6 Å². The molecule has 3 nitrogen and oxygen atoms in total. The van der Waals surface area contributed by atoms with Gasteiger partial charge < -0.3 is 5.11 Å². The van der Waals surface area contributed by atoms with Crippen LogP contribution < -0.4 is 5.01 Å². The van der Waals surface area contributed by atoms with Crippen LogP contribution in [0.15, 0.2) is 59.7 Å². The van der Waals surface area contributed by atoms with E-state index in [1.165, 1.54) is 5.71 Å². The molecule has 0 bridgehead atoms. The van der Waals surface area contributed by atoms with Crippen LogP contribution in [0.25, 0.3) is 0 Å². The van der Waals surface area contributed by atoms with Crippen LogP contribution >= 0.6 is 0 Å². The van der Waals surface area contributed by atoms with Gasteiger partial charge in [0.05, 0.1) is 11.7 Å². The Labute approximate surface area is 119 Å². The van der Waals surface area contributed by atoms with Crippen LogP contribution in [0.2, 0.25) is 0 Å². The molecule has 0 aromatic heterocycles. The van der Waals surface area contributed by atoms with Crippen LogP contribution in [0.3, 0.4) is 0 Å². The average Bonchev–Trinajstić information content (AvgIpc) is 2.93. The predicted molar refractivity (Wildman–Crippen MR) is 82.1 cm³/mol. The van der Waals surface area contributed by atoms with Gasteiger partial charge in [-0.2, -0.15) is 5.10 Å². The fourth-order valence-corrected chi connectivity index (χ4v) is 2.62. The summed E-state index contributed by atoms with van der Waals surface area (Å²) in [5, 5.41) is 16.9. The van der Waals surface area contributed by atoms with Crippen LogP contribution in [0.1, 0.15) is 31.4 Å². The zero-order valence-electron chi connectivity index (χ0n) is 11.5. The third kappa shape index (κ3) is 2.27. The second-order valence-electron chi connectivity index (χ2n) is 4.98. The van der Waals surface area contributed by atoms with Crippen molar-refractivity contribution in [2.24, 2.45) is 5.10 Å². The SMILES string of the molecule is CCC1=NN(c2ccccc2)[C@H](c2ccccc2O)C1. The maximum absolute atomic E-state index is 10.1. The van der Waals surface area contributed by atoms with E-state index in [-0.39, 0.29) is 6.04 Å². The van der Waals surface area contributed by atoms with Gasteiger partial charge in [-0.1, -0.05) is 43.3 Å². The molecule has 3 rings (SSSR count). The Morgan fingerprint density at radius 1 is 1.10 bits per heavy atom. The summed E-state index contributed by atoms with van der Waals surface area (Å²) in [7, 11) is 0. The molecule has 1 heterocycles. The van der Waals surface area contributed by atoms with Crippen LogP contribution in [-0.2, 0) is 0 Å². The summed E-state index contributed by atoms with van der Waals surface area (Å²) < 4.78 is 0. The van der Waals surface area contributed by atoms with Gasteiger partial charge in [-0.25, -0.2) is 0 Å². The number of para-hydroxylation sites is 2. The topological polar surface area (TPSA) is 35.8 Å². The molecule has 0 unspecified atom stereocenters. The molecule has 1 atom stereocenters. The van der Waals surface area contributed by atoms with Gasteiger partial charge in [0.1, 0.15) is 5.75 Å². The average molecular weight is 266 g/mol. The largest absolute Gasteiger partial charge is 0.508 e. The van der Waals surface area contributed by atoms with Crippen molar-refractivity contribution >= 4 is 11.4 Å². The lowest BCUT2D eigenvalue weighted by molar-refractivity contribution is 0.461. The highest BCUT2D eigenvalue weighted by Gasteiger charge is 2.29. The maximum atomic E-state index is 10.1. The summed E-state index contributed by atoms with van der Waals surface area (Å²) in [4.78, 5) is 0. The molecule has 0 spiro atoms. The molecule has 2 aromatic rings. The molecule has 0 saturated heterocycles. The van der Waals surface area contributed by atoms with Crippen LogP contribution in [0, 0.1) is 0 Å². The highest BCUT2D eigenvalue weighted by Crippen LogP contribution is 2.38. The number of hydrazone groups is 1. The number of phenolic OH excluding ortho intramolecular Hbond substituents is 1. The maximum Gasteiger partial charge on any atom is 0.120 e. The third-order valence-electron chi connectivity index (χ3n) is 3.70. The Kier molecular flexibility index (Phi) is 3.42. The predicted octanol–water partition coefficient (Wildman–Crippen LogP) is 4.11. The molecule has 2 aromatic carbocycles. The third-order valence-corrected chi connectivity index (χ3v) is 3.70. The first kappa shape index (κ1) is 12.7. The number of anilines is 1. The minimum Gasteiger partial charge on any atom is -0.508 e. The first-order valence-electron chi connectivity index (χ1n) is 6.98. The molecule has 0 amide bonds. The Morgan fingerprint density at radius 2 is 1.80 bits per heavy atom.